The van der Waals surface area contributed by atoms with Crippen molar-refractivity contribution in [1.29, 1.82) is 0 Å². The number of rotatable bonds is 3. The summed E-state index contributed by atoms with van der Waals surface area (Å²) in [6.07, 6.45) is 5.63. The van der Waals surface area contributed by atoms with Crippen molar-refractivity contribution in [1.82, 2.24) is 10.2 Å². The Hall–Kier alpha value is -0.120. The van der Waals surface area contributed by atoms with Crippen molar-refractivity contribution >= 4 is 0 Å². The third-order valence-corrected chi connectivity index (χ3v) is 3.66. The lowest BCUT2D eigenvalue weighted by atomic mass is 10.1. The van der Waals surface area contributed by atoms with Gasteiger partial charge in [0.05, 0.1) is 6.10 Å². The molecule has 88 valence electrons. The average molecular weight is 212 g/mol. The highest BCUT2D eigenvalue weighted by Crippen LogP contribution is 2.16. The second-order valence-corrected chi connectivity index (χ2v) is 4.75. The zero-order chi connectivity index (χ0) is 10.5. The van der Waals surface area contributed by atoms with Crippen molar-refractivity contribution < 1.29 is 4.74 Å². The van der Waals surface area contributed by atoms with Gasteiger partial charge in [0.25, 0.3) is 0 Å². The van der Waals surface area contributed by atoms with Crippen molar-refractivity contribution in [3.63, 3.8) is 0 Å². The van der Waals surface area contributed by atoms with Crippen LogP contribution in [0.3, 0.4) is 0 Å². The topological polar surface area (TPSA) is 24.5 Å². The predicted molar refractivity (Wildman–Crippen MR) is 62.1 cm³/mol. The maximum Gasteiger partial charge on any atom is 0.0702 e. The molecule has 2 saturated heterocycles. The van der Waals surface area contributed by atoms with Gasteiger partial charge in [0.15, 0.2) is 0 Å². The number of hydrogen-bond acceptors (Lipinski definition) is 3. The fourth-order valence-electron chi connectivity index (χ4n) is 2.66. The van der Waals surface area contributed by atoms with Gasteiger partial charge in [-0.25, -0.2) is 0 Å². The molecule has 3 heteroatoms. The molecule has 0 aromatic rings. The van der Waals surface area contributed by atoms with Crippen LogP contribution in [0.1, 0.15) is 32.6 Å². The van der Waals surface area contributed by atoms with E-state index >= 15 is 0 Å². The van der Waals surface area contributed by atoms with Crippen LogP contribution in [-0.2, 0) is 4.74 Å². The summed E-state index contributed by atoms with van der Waals surface area (Å²) in [7, 11) is 0. The fourth-order valence-corrected chi connectivity index (χ4v) is 2.66. The first kappa shape index (κ1) is 11.4. The van der Waals surface area contributed by atoms with E-state index in [9.17, 15) is 0 Å². The van der Waals surface area contributed by atoms with Crippen molar-refractivity contribution in [2.24, 2.45) is 0 Å². The summed E-state index contributed by atoms with van der Waals surface area (Å²) in [6, 6.07) is 0.726. The van der Waals surface area contributed by atoms with Crippen LogP contribution in [0.2, 0.25) is 0 Å². The van der Waals surface area contributed by atoms with Gasteiger partial charge in [-0.3, -0.25) is 4.90 Å². The third kappa shape index (κ3) is 3.16. The molecule has 2 unspecified atom stereocenters. The number of nitrogens with zero attached hydrogens (tertiary/aromatic N) is 1. The molecule has 0 aromatic carbocycles. The molecular formula is C12H24N2O. The second kappa shape index (κ2) is 5.83. The van der Waals surface area contributed by atoms with E-state index in [-0.39, 0.29) is 0 Å². The highest BCUT2D eigenvalue weighted by molar-refractivity contribution is 4.81. The quantitative estimate of drug-likeness (QED) is 0.762. The van der Waals surface area contributed by atoms with Crippen LogP contribution < -0.4 is 5.32 Å². The molecule has 0 saturated carbocycles. The molecule has 2 heterocycles. The molecule has 2 atom stereocenters. The van der Waals surface area contributed by atoms with Crippen LogP contribution in [0.4, 0.5) is 0 Å². The lowest BCUT2D eigenvalue weighted by Crippen LogP contribution is -2.53. The molecule has 0 amide bonds. The molecule has 2 fully saturated rings. The van der Waals surface area contributed by atoms with E-state index in [1.165, 1.54) is 32.2 Å². The molecule has 2 aliphatic heterocycles. The van der Waals surface area contributed by atoms with Crippen LogP contribution in [-0.4, -0.2) is 49.8 Å². The Labute approximate surface area is 93.2 Å². The Kier molecular flexibility index (Phi) is 4.42. The van der Waals surface area contributed by atoms with Gasteiger partial charge in [-0.1, -0.05) is 6.92 Å². The largest absolute Gasteiger partial charge is 0.377 e. The molecule has 0 aromatic heterocycles. The summed E-state index contributed by atoms with van der Waals surface area (Å²) >= 11 is 0. The molecule has 0 radical (unpaired) electrons. The Bertz CT molecular complexity index is 180. The summed E-state index contributed by atoms with van der Waals surface area (Å²) in [5, 5.41) is 3.47. The first-order valence-corrected chi connectivity index (χ1v) is 6.46. The van der Waals surface area contributed by atoms with Gasteiger partial charge in [0.1, 0.15) is 0 Å². The highest BCUT2D eigenvalue weighted by atomic mass is 16.5. The lowest BCUT2D eigenvalue weighted by molar-refractivity contribution is -0.0175. The van der Waals surface area contributed by atoms with E-state index in [0.717, 1.165) is 32.3 Å². The van der Waals surface area contributed by atoms with Crippen molar-refractivity contribution in [3.05, 3.63) is 0 Å². The van der Waals surface area contributed by atoms with Gasteiger partial charge in [0.2, 0.25) is 0 Å². The Morgan fingerprint density at radius 3 is 3.07 bits per heavy atom. The van der Waals surface area contributed by atoms with Crippen LogP contribution in [0.15, 0.2) is 0 Å². The number of nitrogens with one attached hydrogen (secondary N) is 1. The molecule has 0 bridgehead atoms. The maximum atomic E-state index is 5.81. The van der Waals surface area contributed by atoms with Gasteiger partial charge >= 0.3 is 0 Å². The van der Waals surface area contributed by atoms with Crippen molar-refractivity contribution in [3.8, 4) is 0 Å². The van der Waals surface area contributed by atoms with E-state index in [1.54, 1.807) is 0 Å². The molecule has 3 nitrogen and oxygen atoms in total. The summed E-state index contributed by atoms with van der Waals surface area (Å²) in [5.41, 5.74) is 0. The Morgan fingerprint density at radius 1 is 1.40 bits per heavy atom. The Balaban J connectivity index is 1.79. The predicted octanol–water partition coefficient (Wildman–Crippen LogP) is 1.24. The van der Waals surface area contributed by atoms with Gasteiger partial charge < -0.3 is 10.1 Å². The molecular weight excluding hydrogens is 188 g/mol. The van der Waals surface area contributed by atoms with Crippen LogP contribution in [0.25, 0.3) is 0 Å². The molecule has 1 N–H and O–H groups in total. The zero-order valence-electron chi connectivity index (χ0n) is 9.87. The normalized spacial score (nSPS) is 34.2. The van der Waals surface area contributed by atoms with E-state index < -0.39 is 0 Å². The summed E-state index contributed by atoms with van der Waals surface area (Å²) in [4.78, 5) is 2.62. The van der Waals surface area contributed by atoms with Crippen molar-refractivity contribution in [2.75, 3.05) is 32.8 Å². The van der Waals surface area contributed by atoms with E-state index in [4.69, 9.17) is 4.74 Å². The van der Waals surface area contributed by atoms with Crippen LogP contribution >= 0.6 is 0 Å². The maximum absolute atomic E-state index is 5.81. The fraction of sp³-hybridized carbons (Fsp3) is 1.00. The summed E-state index contributed by atoms with van der Waals surface area (Å²) < 4.78 is 5.81. The van der Waals surface area contributed by atoms with Gasteiger partial charge in [-0.2, -0.15) is 0 Å². The molecule has 2 rings (SSSR count). The van der Waals surface area contributed by atoms with Gasteiger partial charge in [0, 0.05) is 38.8 Å². The van der Waals surface area contributed by atoms with Crippen LogP contribution in [0, 0.1) is 0 Å². The number of piperazine rings is 1. The molecule has 0 aliphatic carbocycles. The number of hydrogen-bond donors (Lipinski definition) is 1. The highest BCUT2D eigenvalue weighted by Gasteiger charge is 2.24. The summed E-state index contributed by atoms with van der Waals surface area (Å²) in [6.45, 7) is 7.91. The molecule has 0 spiro atoms. The third-order valence-electron chi connectivity index (χ3n) is 3.66. The average Bonchev–Trinajstić information content (AvgIpc) is 2.31. The molecule has 15 heavy (non-hydrogen) atoms. The van der Waals surface area contributed by atoms with E-state index in [0.29, 0.717) is 6.10 Å². The SMILES string of the molecule is CCC1CNCCN1CC1CCCCO1. The zero-order valence-corrected chi connectivity index (χ0v) is 9.87. The standard InChI is InChI=1S/C12H24N2O/c1-2-11-9-13-6-7-14(11)10-12-5-3-4-8-15-12/h11-13H,2-10H2,1H3. The van der Waals surface area contributed by atoms with Crippen LogP contribution in [0.5, 0.6) is 0 Å². The monoisotopic (exact) mass is 212 g/mol. The second-order valence-electron chi connectivity index (χ2n) is 4.75. The minimum Gasteiger partial charge on any atom is -0.377 e. The Morgan fingerprint density at radius 2 is 2.33 bits per heavy atom. The first-order valence-electron chi connectivity index (χ1n) is 6.46. The van der Waals surface area contributed by atoms with E-state index in [1.807, 2.05) is 0 Å². The lowest BCUT2D eigenvalue weighted by Gasteiger charge is -2.38. The number of ether oxygens (including phenoxy) is 1. The van der Waals surface area contributed by atoms with Crippen molar-refractivity contribution in [2.45, 2.75) is 44.8 Å². The minimum absolute atomic E-state index is 0.505. The van der Waals surface area contributed by atoms with Gasteiger partial charge in [-0.15, -0.1) is 0 Å². The first-order chi connectivity index (χ1) is 7.40. The smallest absolute Gasteiger partial charge is 0.0702 e. The summed E-state index contributed by atoms with van der Waals surface area (Å²) in [5.74, 6) is 0. The molecule has 2 aliphatic rings. The minimum atomic E-state index is 0.505. The van der Waals surface area contributed by atoms with E-state index in [2.05, 4.69) is 17.1 Å². The van der Waals surface area contributed by atoms with Gasteiger partial charge in [-0.05, 0) is 25.7 Å².